The first kappa shape index (κ1) is 10.5. The number of rotatable bonds is 2. The highest BCUT2D eigenvalue weighted by Crippen LogP contribution is 2.25. The minimum absolute atomic E-state index is 0.536. The van der Waals surface area contributed by atoms with E-state index in [0.29, 0.717) is 18.9 Å². The quantitative estimate of drug-likeness (QED) is 0.718. The molecule has 1 heterocycles. The summed E-state index contributed by atoms with van der Waals surface area (Å²) in [7, 11) is 0. The van der Waals surface area contributed by atoms with Crippen LogP contribution in [0.25, 0.3) is 0 Å². The first-order valence-corrected chi connectivity index (χ1v) is 5.66. The van der Waals surface area contributed by atoms with E-state index in [0.717, 1.165) is 6.54 Å². The van der Waals surface area contributed by atoms with Crippen molar-refractivity contribution in [1.82, 2.24) is 0 Å². The third-order valence-corrected chi connectivity index (χ3v) is 3.03. The summed E-state index contributed by atoms with van der Waals surface area (Å²) in [5.41, 5.74) is 2.50. The summed E-state index contributed by atoms with van der Waals surface area (Å²) in [4.78, 5) is 2.14. The Labute approximate surface area is 90.9 Å². The van der Waals surface area contributed by atoms with Gasteiger partial charge in [-0.2, -0.15) is 0 Å². The van der Waals surface area contributed by atoms with Gasteiger partial charge in [0.15, 0.2) is 0 Å². The third-order valence-electron chi connectivity index (χ3n) is 3.03. The summed E-state index contributed by atoms with van der Waals surface area (Å²) < 4.78 is 13.1. The second-order valence-electron chi connectivity index (χ2n) is 4.58. The van der Waals surface area contributed by atoms with Gasteiger partial charge in [-0.3, -0.25) is 0 Å². The minimum Gasteiger partial charge on any atom is -0.369 e. The van der Waals surface area contributed by atoms with Gasteiger partial charge in [0.1, 0.15) is 6.17 Å². The summed E-state index contributed by atoms with van der Waals surface area (Å²) in [6, 6.07) is 8.46. The van der Waals surface area contributed by atoms with Gasteiger partial charge in [-0.05, 0) is 30.0 Å². The molecule has 0 aliphatic carbocycles. The standard InChI is InChI=1S/C13H18FN/c1-10(2)11-4-3-5-13(8-11)15-7-6-12(14)9-15/h3-5,8,10,12H,6-7,9H2,1-2H3/t12-/m0/s1. The molecule has 1 aliphatic rings. The van der Waals surface area contributed by atoms with Crippen LogP contribution in [0.4, 0.5) is 10.1 Å². The molecule has 2 rings (SSSR count). The van der Waals surface area contributed by atoms with Crippen molar-refractivity contribution < 1.29 is 4.39 Å². The van der Waals surface area contributed by atoms with E-state index >= 15 is 0 Å². The van der Waals surface area contributed by atoms with Gasteiger partial charge in [-0.25, -0.2) is 4.39 Å². The predicted molar refractivity (Wildman–Crippen MR) is 62.3 cm³/mol. The normalized spacial score (nSPS) is 21.3. The summed E-state index contributed by atoms with van der Waals surface area (Å²) in [6.07, 6.45) is 0.0269. The molecule has 2 heteroatoms. The van der Waals surface area contributed by atoms with Crippen molar-refractivity contribution >= 4 is 5.69 Å². The van der Waals surface area contributed by atoms with Gasteiger partial charge in [0.2, 0.25) is 0 Å². The van der Waals surface area contributed by atoms with Gasteiger partial charge >= 0.3 is 0 Å². The lowest BCUT2D eigenvalue weighted by Crippen LogP contribution is -2.19. The molecule has 1 fully saturated rings. The van der Waals surface area contributed by atoms with E-state index in [1.807, 2.05) is 0 Å². The number of halogens is 1. The number of hydrogen-bond donors (Lipinski definition) is 0. The van der Waals surface area contributed by atoms with Crippen LogP contribution in [0.5, 0.6) is 0 Å². The summed E-state index contributed by atoms with van der Waals surface area (Å²) in [5.74, 6) is 0.536. The summed E-state index contributed by atoms with van der Waals surface area (Å²) >= 11 is 0. The van der Waals surface area contributed by atoms with Crippen LogP contribution in [0.3, 0.4) is 0 Å². The van der Waals surface area contributed by atoms with Gasteiger partial charge < -0.3 is 4.90 Å². The van der Waals surface area contributed by atoms with E-state index in [4.69, 9.17) is 0 Å². The van der Waals surface area contributed by atoms with Crippen molar-refractivity contribution in [3.05, 3.63) is 29.8 Å². The van der Waals surface area contributed by atoms with Gasteiger partial charge in [0.05, 0.1) is 0 Å². The maximum absolute atomic E-state index is 13.1. The Hall–Kier alpha value is -1.05. The minimum atomic E-state index is -0.646. The second kappa shape index (κ2) is 4.21. The first-order chi connectivity index (χ1) is 7.16. The molecule has 0 unspecified atom stereocenters. The van der Waals surface area contributed by atoms with Crippen molar-refractivity contribution in [1.29, 1.82) is 0 Å². The van der Waals surface area contributed by atoms with Crippen molar-refractivity contribution in [2.24, 2.45) is 0 Å². The highest BCUT2D eigenvalue weighted by atomic mass is 19.1. The molecule has 15 heavy (non-hydrogen) atoms. The maximum atomic E-state index is 13.1. The molecule has 0 spiro atoms. The van der Waals surface area contributed by atoms with E-state index in [9.17, 15) is 4.39 Å². The fourth-order valence-corrected chi connectivity index (χ4v) is 2.03. The largest absolute Gasteiger partial charge is 0.369 e. The zero-order valence-corrected chi connectivity index (χ0v) is 9.41. The smallest absolute Gasteiger partial charge is 0.119 e. The highest BCUT2D eigenvalue weighted by Gasteiger charge is 2.21. The predicted octanol–water partition coefficient (Wildman–Crippen LogP) is 3.36. The van der Waals surface area contributed by atoms with Crippen molar-refractivity contribution in [2.75, 3.05) is 18.0 Å². The van der Waals surface area contributed by atoms with Gasteiger partial charge in [-0.1, -0.05) is 26.0 Å². The lowest BCUT2D eigenvalue weighted by Gasteiger charge is -2.19. The average Bonchev–Trinajstić information content (AvgIpc) is 2.65. The topological polar surface area (TPSA) is 3.24 Å². The van der Waals surface area contributed by atoms with Gasteiger partial charge in [0.25, 0.3) is 0 Å². The van der Waals surface area contributed by atoms with Crippen LogP contribution in [0, 0.1) is 0 Å². The number of hydrogen-bond acceptors (Lipinski definition) is 1. The molecule has 0 saturated carbocycles. The van der Waals surface area contributed by atoms with E-state index < -0.39 is 6.17 Å². The molecule has 0 radical (unpaired) electrons. The Bertz CT molecular complexity index is 335. The Kier molecular flexibility index (Phi) is 2.94. The molecule has 1 atom stereocenters. The lowest BCUT2D eigenvalue weighted by atomic mass is 10.0. The molecule has 1 aromatic rings. The van der Waals surface area contributed by atoms with Crippen LogP contribution < -0.4 is 4.90 Å². The van der Waals surface area contributed by atoms with Crippen LogP contribution >= 0.6 is 0 Å². The number of alkyl halides is 1. The Morgan fingerprint density at radius 1 is 1.40 bits per heavy atom. The molecule has 1 nitrogen and oxygen atoms in total. The molecule has 0 amide bonds. The van der Waals surface area contributed by atoms with Crippen molar-refractivity contribution in [2.45, 2.75) is 32.4 Å². The molecule has 1 aromatic carbocycles. The Balaban J connectivity index is 2.18. The highest BCUT2D eigenvalue weighted by molar-refractivity contribution is 5.50. The number of nitrogens with zero attached hydrogens (tertiary/aromatic N) is 1. The van der Waals surface area contributed by atoms with Crippen LogP contribution in [0.15, 0.2) is 24.3 Å². The van der Waals surface area contributed by atoms with Gasteiger partial charge in [-0.15, -0.1) is 0 Å². The molecule has 82 valence electrons. The Morgan fingerprint density at radius 2 is 2.20 bits per heavy atom. The molecule has 1 aliphatic heterocycles. The van der Waals surface area contributed by atoms with E-state index in [1.54, 1.807) is 0 Å². The van der Waals surface area contributed by atoms with Crippen LogP contribution in [0.2, 0.25) is 0 Å². The van der Waals surface area contributed by atoms with E-state index in [2.05, 4.69) is 43.0 Å². The van der Waals surface area contributed by atoms with Crippen molar-refractivity contribution in [3.63, 3.8) is 0 Å². The monoisotopic (exact) mass is 207 g/mol. The number of benzene rings is 1. The number of anilines is 1. The summed E-state index contributed by atoms with van der Waals surface area (Å²) in [6.45, 7) is 5.77. The first-order valence-electron chi connectivity index (χ1n) is 5.66. The molecule has 1 saturated heterocycles. The molecule has 0 aromatic heterocycles. The molecular weight excluding hydrogens is 189 g/mol. The summed E-state index contributed by atoms with van der Waals surface area (Å²) in [5, 5.41) is 0. The van der Waals surface area contributed by atoms with Gasteiger partial charge in [0, 0.05) is 18.8 Å². The average molecular weight is 207 g/mol. The molecule has 0 N–H and O–H groups in total. The lowest BCUT2D eigenvalue weighted by molar-refractivity contribution is 0.364. The van der Waals surface area contributed by atoms with Crippen LogP contribution in [-0.2, 0) is 0 Å². The van der Waals surface area contributed by atoms with Crippen LogP contribution in [0.1, 0.15) is 31.7 Å². The zero-order valence-electron chi connectivity index (χ0n) is 9.41. The zero-order chi connectivity index (χ0) is 10.8. The van der Waals surface area contributed by atoms with Crippen molar-refractivity contribution in [3.8, 4) is 0 Å². The van der Waals surface area contributed by atoms with E-state index in [1.165, 1.54) is 11.3 Å². The fraction of sp³-hybridized carbons (Fsp3) is 0.538. The third kappa shape index (κ3) is 2.31. The van der Waals surface area contributed by atoms with E-state index in [-0.39, 0.29) is 0 Å². The van der Waals surface area contributed by atoms with Crippen LogP contribution in [-0.4, -0.2) is 19.3 Å². The second-order valence-corrected chi connectivity index (χ2v) is 4.58. The molecular formula is C13H18FN. The maximum Gasteiger partial charge on any atom is 0.119 e. The Morgan fingerprint density at radius 3 is 2.80 bits per heavy atom. The molecule has 0 bridgehead atoms. The fourth-order valence-electron chi connectivity index (χ4n) is 2.03. The SMILES string of the molecule is CC(C)c1cccc(N2CC[C@H](F)C2)c1.